The van der Waals surface area contributed by atoms with Gasteiger partial charge in [-0.15, -0.1) is 11.3 Å². The van der Waals surface area contributed by atoms with Crippen LogP contribution in [0.2, 0.25) is 0 Å². The summed E-state index contributed by atoms with van der Waals surface area (Å²) in [5, 5.41) is 0.760. The van der Waals surface area contributed by atoms with Crippen molar-refractivity contribution in [1.82, 2.24) is 9.97 Å². The smallest absolute Gasteiger partial charge is 0.355 e. The zero-order valence-corrected chi connectivity index (χ0v) is 12.1. The highest BCUT2D eigenvalue weighted by molar-refractivity contribution is 7.18. The maximum absolute atomic E-state index is 12.5. The molecule has 0 amide bonds. The number of aromatic nitrogens is 2. The summed E-state index contributed by atoms with van der Waals surface area (Å²) in [6.07, 6.45) is 0.207. The van der Waals surface area contributed by atoms with Crippen LogP contribution in [-0.2, 0) is 6.42 Å². The predicted octanol–water partition coefficient (Wildman–Crippen LogP) is 3.79. The first-order chi connectivity index (χ1) is 9.94. The van der Waals surface area contributed by atoms with Crippen LogP contribution in [0.1, 0.15) is 24.1 Å². The molecule has 0 N–H and O–H groups in total. The second-order valence-corrected chi connectivity index (χ2v) is 7.25. The minimum atomic E-state index is -4.18. The van der Waals surface area contributed by atoms with Crippen molar-refractivity contribution in [2.45, 2.75) is 31.9 Å². The van der Waals surface area contributed by atoms with E-state index in [2.05, 4.69) is 14.9 Å². The molecule has 3 heterocycles. The molecule has 2 aliphatic rings. The van der Waals surface area contributed by atoms with Crippen molar-refractivity contribution in [3.63, 3.8) is 0 Å². The lowest BCUT2D eigenvalue weighted by atomic mass is 9.63. The normalized spacial score (nSPS) is 20.6. The molecule has 1 saturated carbocycles. The molecular formula is C14H14F3N3S. The minimum absolute atomic E-state index is 0.304. The molecule has 0 bridgehead atoms. The molecule has 0 atom stereocenters. The van der Waals surface area contributed by atoms with Crippen LogP contribution in [0.3, 0.4) is 0 Å². The molecule has 0 radical (unpaired) electrons. The molecule has 1 aliphatic carbocycles. The van der Waals surface area contributed by atoms with Gasteiger partial charge in [-0.1, -0.05) is 6.42 Å². The van der Waals surface area contributed by atoms with E-state index in [0.29, 0.717) is 15.1 Å². The predicted molar refractivity (Wildman–Crippen MR) is 75.7 cm³/mol. The molecule has 2 fully saturated rings. The van der Waals surface area contributed by atoms with E-state index >= 15 is 0 Å². The van der Waals surface area contributed by atoms with E-state index in [0.717, 1.165) is 35.6 Å². The summed E-state index contributed by atoms with van der Waals surface area (Å²) in [4.78, 5) is 11.5. The number of halogens is 3. The fourth-order valence-corrected chi connectivity index (χ4v) is 4.36. The first kappa shape index (κ1) is 13.3. The van der Waals surface area contributed by atoms with Gasteiger partial charge in [0.2, 0.25) is 0 Å². The zero-order chi connectivity index (χ0) is 14.7. The summed E-state index contributed by atoms with van der Waals surface area (Å²) < 4.78 is 37.6. The molecule has 7 heteroatoms. The van der Waals surface area contributed by atoms with Crippen LogP contribution in [0, 0.1) is 5.41 Å². The molecule has 2 aromatic rings. The third kappa shape index (κ3) is 2.27. The summed E-state index contributed by atoms with van der Waals surface area (Å²) in [6, 6.07) is 1.61. The van der Waals surface area contributed by atoms with Crippen molar-refractivity contribution in [2.75, 3.05) is 18.0 Å². The van der Waals surface area contributed by atoms with E-state index in [4.69, 9.17) is 0 Å². The lowest BCUT2D eigenvalue weighted by Gasteiger charge is -2.56. The summed E-state index contributed by atoms with van der Waals surface area (Å²) in [6.45, 7) is 1.95. The molecule has 2 aromatic heterocycles. The van der Waals surface area contributed by atoms with Gasteiger partial charge in [0.25, 0.3) is 0 Å². The van der Waals surface area contributed by atoms with Crippen molar-refractivity contribution in [1.29, 1.82) is 0 Å². The van der Waals surface area contributed by atoms with Crippen LogP contribution >= 0.6 is 11.3 Å². The number of rotatable bonds is 2. The Morgan fingerprint density at radius 2 is 2.00 bits per heavy atom. The number of anilines is 1. The molecule has 3 nitrogen and oxygen atoms in total. The third-order valence-corrected chi connectivity index (χ3v) is 5.54. The molecule has 1 spiro atoms. The van der Waals surface area contributed by atoms with Gasteiger partial charge in [0.15, 0.2) is 0 Å². The average molecular weight is 313 g/mol. The number of hydrogen-bond acceptors (Lipinski definition) is 4. The maximum atomic E-state index is 12.5. The van der Waals surface area contributed by atoms with Gasteiger partial charge in [-0.25, -0.2) is 9.97 Å². The van der Waals surface area contributed by atoms with Crippen LogP contribution in [0.25, 0.3) is 10.2 Å². The van der Waals surface area contributed by atoms with Crippen molar-refractivity contribution in [3.8, 4) is 0 Å². The van der Waals surface area contributed by atoms with Crippen LogP contribution in [0.15, 0.2) is 12.4 Å². The van der Waals surface area contributed by atoms with E-state index in [1.807, 2.05) is 0 Å². The van der Waals surface area contributed by atoms with Crippen LogP contribution in [0.5, 0.6) is 0 Å². The van der Waals surface area contributed by atoms with Crippen LogP contribution < -0.4 is 4.90 Å². The first-order valence-electron chi connectivity index (χ1n) is 6.99. The van der Waals surface area contributed by atoms with Gasteiger partial charge in [-0.2, -0.15) is 13.2 Å². The fraction of sp³-hybridized carbons (Fsp3) is 0.571. The average Bonchev–Trinajstić information content (AvgIpc) is 2.65. The van der Waals surface area contributed by atoms with Gasteiger partial charge in [0, 0.05) is 23.4 Å². The summed E-state index contributed by atoms with van der Waals surface area (Å²) in [7, 11) is 0. The zero-order valence-electron chi connectivity index (χ0n) is 11.3. The van der Waals surface area contributed by atoms with E-state index in [1.165, 1.54) is 25.6 Å². The Bertz CT molecular complexity index is 682. The Hall–Kier alpha value is -1.37. The molecule has 0 aromatic carbocycles. The Labute approximate surface area is 123 Å². The molecule has 1 aliphatic heterocycles. The maximum Gasteiger partial charge on any atom is 0.393 e. The van der Waals surface area contributed by atoms with Crippen molar-refractivity contribution >= 4 is 27.4 Å². The molecule has 21 heavy (non-hydrogen) atoms. The van der Waals surface area contributed by atoms with E-state index in [9.17, 15) is 13.2 Å². The Morgan fingerprint density at radius 1 is 1.24 bits per heavy atom. The second-order valence-electron chi connectivity index (χ2n) is 6.13. The van der Waals surface area contributed by atoms with Gasteiger partial charge in [-0.3, -0.25) is 0 Å². The Morgan fingerprint density at radius 3 is 2.62 bits per heavy atom. The van der Waals surface area contributed by atoms with Gasteiger partial charge >= 0.3 is 6.18 Å². The highest BCUT2D eigenvalue weighted by atomic mass is 32.1. The number of alkyl halides is 3. The highest BCUT2D eigenvalue weighted by Crippen LogP contribution is 2.50. The molecule has 0 unspecified atom stereocenters. The number of nitrogens with zero attached hydrogens (tertiary/aromatic N) is 3. The fourth-order valence-electron chi connectivity index (χ4n) is 3.34. The molecular weight excluding hydrogens is 299 g/mol. The largest absolute Gasteiger partial charge is 0.393 e. The highest BCUT2D eigenvalue weighted by Gasteiger charge is 2.48. The SMILES string of the molecule is FC(F)(F)Cc1cc2c(N3CC4(CCC4)C3)ncnc2s1. The van der Waals surface area contributed by atoms with Crippen molar-refractivity contribution < 1.29 is 13.2 Å². The topological polar surface area (TPSA) is 29.0 Å². The molecule has 1 saturated heterocycles. The monoisotopic (exact) mass is 313 g/mol. The number of fused-ring (bicyclic) bond motifs is 1. The van der Waals surface area contributed by atoms with Crippen molar-refractivity contribution in [3.05, 3.63) is 17.3 Å². The van der Waals surface area contributed by atoms with Crippen molar-refractivity contribution in [2.24, 2.45) is 5.41 Å². The van der Waals surface area contributed by atoms with E-state index < -0.39 is 12.6 Å². The Balaban J connectivity index is 1.63. The molecule has 112 valence electrons. The van der Waals surface area contributed by atoms with Crippen LogP contribution in [-0.4, -0.2) is 29.2 Å². The van der Waals surface area contributed by atoms with Gasteiger partial charge in [0.05, 0.1) is 11.8 Å². The van der Waals surface area contributed by atoms with Crippen LogP contribution in [0.4, 0.5) is 19.0 Å². The molecule has 4 rings (SSSR count). The van der Waals surface area contributed by atoms with Gasteiger partial charge < -0.3 is 4.90 Å². The second kappa shape index (κ2) is 4.32. The van der Waals surface area contributed by atoms with Gasteiger partial charge in [-0.05, 0) is 18.9 Å². The standard InChI is InChI=1S/C14H14F3N3S/c15-14(16,17)5-9-4-10-11(18-8-19-12(10)21-9)20-6-13(7-20)2-1-3-13/h4,8H,1-3,5-7H2. The Kier molecular flexibility index (Phi) is 2.73. The minimum Gasteiger partial charge on any atom is -0.355 e. The number of thiophene rings is 1. The van der Waals surface area contributed by atoms with E-state index in [-0.39, 0.29) is 0 Å². The lowest BCUT2D eigenvalue weighted by molar-refractivity contribution is -0.126. The number of hydrogen-bond donors (Lipinski definition) is 0. The quantitative estimate of drug-likeness (QED) is 0.845. The van der Waals surface area contributed by atoms with Gasteiger partial charge in [0.1, 0.15) is 17.0 Å². The summed E-state index contributed by atoms with van der Waals surface area (Å²) in [5.74, 6) is 0.794. The first-order valence-corrected chi connectivity index (χ1v) is 7.81. The summed E-state index contributed by atoms with van der Waals surface area (Å²) in [5.41, 5.74) is 0.460. The van der Waals surface area contributed by atoms with E-state index in [1.54, 1.807) is 6.07 Å². The summed E-state index contributed by atoms with van der Waals surface area (Å²) >= 11 is 1.11. The lowest BCUT2D eigenvalue weighted by Crippen LogP contribution is -2.60. The third-order valence-electron chi connectivity index (χ3n) is 4.50.